The van der Waals surface area contributed by atoms with Crippen molar-refractivity contribution in [2.24, 2.45) is 17.2 Å². The molecule has 2 aromatic carbocycles. The standard InChI is InChI=1S/C10H14N2O2.C10H11NO4.2H2S/c11-6-8-3-1-2-7(4-8)5-9(12)10(13)14;11-8(10(14)15)5-6-2-1-3-7(4-6)9(12)13;;/h1-4,9H,5-6,11-12H2,(H,13,14);1-4,8H,5,11H2,(H,12,13)(H,14,15);2*1H2/t9-;8-;;/m00../s1. The maximum Gasteiger partial charge on any atom is 0.335 e. The Kier molecular flexibility index (Phi) is 15.1. The molecule has 11 heteroatoms. The summed E-state index contributed by atoms with van der Waals surface area (Å²) in [7, 11) is 0. The number of hydrogen-bond donors (Lipinski definition) is 6. The fourth-order valence-corrected chi connectivity index (χ4v) is 2.40. The fourth-order valence-electron chi connectivity index (χ4n) is 2.40. The summed E-state index contributed by atoms with van der Waals surface area (Å²) in [6.07, 6.45) is 0.458. The first-order valence-electron chi connectivity index (χ1n) is 8.71. The Labute approximate surface area is 194 Å². The molecule has 2 atom stereocenters. The highest BCUT2D eigenvalue weighted by Gasteiger charge is 2.13. The van der Waals surface area contributed by atoms with Gasteiger partial charge >= 0.3 is 17.9 Å². The number of aliphatic carboxylic acids is 2. The zero-order chi connectivity index (χ0) is 22.0. The van der Waals surface area contributed by atoms with Gasteiger partial charge in [0.1, 0.15) is 12.1 Å². The quantitative estimate of drug-likeness (QED) is 0.321. The van der Waals surface area contributed by atoms with E-state index in [9.17, 15) is 14.4 Å². The van der Waals surface area contributed by atoms with Crippen LogP contribution >= 0.6 is 27.0 Å². The van der Waals surface area contributed by atoms with Gasteiger partial charge in [-0.3, -0.25) is 9.59 Å². The van der Waals surface area contributed by atoms with Gasteiger partial charge in [0.25, 0.3) is 0 Å². The highest BCUT2D eigenvalue weighted by Crippen LogP contribution is 2.08. The van der Waals surface area contributed by atoms with Gasteiger partial charge in [-0.05, 0) is 41.7 Å². The van der Waals surface area contributed by atoms with E-state index >= 15 is 0 Å². The number of benzene rings is 2. The lowest BCUT2D eigenvalue weighted by molar-refractivity contribution is -0.139. The molecular weight excluding hydrogens is 442 g/mol. The summed E-state index contributed by atoms with van der Waals surface area (Å²) < 4.78 is 0. The van der Waals surface area contributed by atoms with Crippen molar-refractivity contribution < 1.29 is 29.7 Å². The average Bonchev–Trinajstić information content (AvgIpc) is 2.68. The first-order chi connectivity index (χ1) is 13.6. The average molecular weight is 472 g/mol. The zero-order valence-electron chi connectivity index (χ0n) is 16.7. The summed E-state index contributed by atoms with van der Waals surface area (Å²) in [6, 6.07) is 11.7. The number of carbonyl (C=O) groups is 3. The van der Waals surface area contributed by atoms with Crippen LogP contribution in [-0.4, -0.2) is 45.3 Å². The highest BCUT2D eigenvalue weighted by molar-refractivity contribution is 7.59. The van der Waals surface area contributed by atoms with Crippen molar-refractivity contribution in [3.8, 4) is 0 Å². The summed E-state index contributed by atoms with van der Waals surface area (Å²) in [6.45, 7) is 0.455. The van der Waals surface area contributed by atoms with Gasteiger partial charge in [-0.2, -0.15) is 27.0 Å². The van der Waals surface area contributed by atoms with Crippen molar-refractivity contribution in [2.75, 3.05) is 0 Å². The number of hydrogen-bond acceptors (Lipinski definition) is 6. The zero-order valence-corrected chi connectivity index (χ0v) is 18.7. The van der Waals surface area contributed by atoms with E-state index in [0.717, 1.165) is 11.1 Å². The van der Waals surface area contributed by atoms with E-state index in [4.69, 9.17) is 32.5 Å². The Bertz CT molecular complexity index is 866. The summed E-state index contributed by atoms with van der Waals surface area (Å²) in [4.78, 5) is 31.6. The first kappa shape index (κ1) is 30.6. The van der Waals surface area contributed by atoms with E-state index in [1.165, 1.54) is 12.1 Å². The molecule has 0 radical (unpaired) electrons. The van der Waals surface area contributed by atoms with Crippen LogP contribution in [-0.2, 0) is 29.0 Å². The third-order valence-corrected chi connectivity index (χ3v) is 3.95. The minimum atomic E-state index is -1.10. The van der Waals surface area contributed by atoms with Crippen molar-refractivity contribution in [3.05, 3.63) is 70.8 Å². The van der Waals surface area contributed by atoms with Crippen LogP contribution in [0.15, 0.2) is 48.5 Å². The minimum Gasteiger partial charge on any atom is -0.480 e. The molecule has 2 rings (SSSR count). The van der Waals surface area contributed by atoms with E-state index in [1.807, 2.05) is 24.3 Å². The SMILES string of the molecule is NCc1cccc(C[C@H](N)C(=O)O)c1.N[C@@H](Cc1cccc(C(=O)O)c1)C(=O)O.S.S. The highest BCUT2D eigenvalue weighted by atomic mass is 32.1. The number of carboxylic acid groups (broad SMARTS) is 3. The summed E-state index contributed by atoms with van der Waals surface area (Å²) in [5, 5.41) is 25.9. The van der Waals surface area contributed by atoms with Crippen molar-refractivity contribution in [2.45, 2.75) is 31.5 Å². The molecule has 0 saturated carbocycles. The van der Waals surface area contributed by atoms with E-state index in [-0.39, 0.29) is 39.0 Å². The number of aromatic carboxylic acids is 1. The predicted molar refractivity (Wildman–Crippen MR) is 127 cm³/mol. The Hall–Kier alpha value is -2.57. The monoisotopic (exact) mass is 471 g/mol. The Morgan fingerprint density at radius 2 is 1.16 bits per heavy atom. The van der Waals surface area contributed by atoms with Gasteiger partial charge in [0.2, 0.25) is 0 Å². The first-order valence-corrected chi connectivity index (χ1v) is 8.71. The summed E-state index contributed by atoms with van der Waals surface area (Å²) in [5.74, 6) is -3.13. The van der Waals surface area contributed by atoms with Gasteiger partial charge in [-0.15, -0.1) is 0 Å². The molecule has 0 fully saturated rings. The van der Waals surface area contributed by atoms with Crippen LogP contribution in [0.2, 0.25) is 0 Å². The minimum absolute atomic E-state index is 0. The second-order valence-corrected chi connectivity index (χ2v) is 6.33. The number of nitrogens with two attached hydrogens (primary N) is 3. The predicted octanol–water partition coefficient (Wildman–Crippen LogP) is 0.665. The molecule has 0 aliphatic carbocycles. The largest absolute Gasteiger partial charge is 0.480 e. The van der Waals surface area contributed by atoms with Crippen LogP contribution < -0.4 is 17.2 Å². The molecule has 0 amide bonds. The molecule has 31 heavy (non-hydrogen) atoms. The molecule has 0 saturated heterocycles. The smallest absolute Gasteiger partial charge is 0.335 e. The molecule has 0 heterocycles. The molecule has 0 spiro atoms. The van der Waals surface area contributed by atoms with Gasteiger partial charge in [0.15, 0.2) is 0 Å². The van der Waals surface area contributed by atoms with Crippen LogP contribution in [0, 0.1) is 0 Å². The molecular formula is C20H29N3O6S2. The molecule has 0 bridgehead atoms. The molecule has 2 aromatic rings. The third kappa shape index (κ3) is 11.4. The van der Waals surface area contributed by atoms with E-state index in [1.54, 1.807) is 12.1 Å². The van der Waals surface area contributed by atoms with Gasteiger partial charge in [-0.1, -0.05) is 36.4 Å². The molecule has 172 valence electrons. The summed E-state index contributed by atoms with van der Waals surface area (Å²) in [5.41, 5.74) is 18.8. The Morgan fingerprint density at radius 3 is 1.58 bits per heavy atom. The van der Waals surface area contributed by atoms with E-state index in [0.29, 0.717) is 18.5 Å². The van der Waals surface area contributed by atoms with Crippen molar-refractivity contribution in [1.29, 1.82) is 0 Å². The van der Waals surface area contributed by atoms with Gasteiger partial charge in [0.05, 0.1) is 5.56 Å². The Morgan fingerprint density at radius 1 is 0.742 bits per heavy atom. The maximum atomic E-state index is 10.6. The summed E-state index contributed by atoms with van der Waals surface area (Å²) >= 11 is 0. The molecule has 0 aromatic heterocycles. The molecule has 9 N–H and O–H groups in total. The fraction of sp³-hybridized carbons (Fsp3) is 0.250. The van der Waals surface area contributed by atoms with Crippen molar-refractivity contribution in [1.82, 2.24) is 0 Å². The van der Waals surface area contributed by atoms with Gasteiger partial charge < -0.3 is 32.5 Å². The van der Waals surface area contributed by atoms with Crippen LogP contribution in [0.4, 0.5) is 0 Å². The molecule has 0 aliphatic heterocycles. The van der Waals surface area contributed by atoms with Crippen LogP contribution in [0.1, 0.15) is 27.0 Å². The van der Waals surface area contributed by atoms with Crippen LogP contribution in [0.25, 0.3) is 0 Å². The Balaban J connectivity index is 0. The lowest BCUT2D eigenvalue weighted by atomic mass is 10.0. The van der Waals surface area contributed by atoms with Crippen molar-refractivity contribution in [3.63, 3.8) is 0 Å². The van der Waals surface area contributed by atoms with E-state index in [2.05, 4.69) is 0 Å². The van der Waals surface area contributed by atoms with Crippen LogP contribution in [0.3, 0.4) is 0 Å². The topological polar surface area (TPSA) is 190 Å². The maximum absolute atomic E-state index is 10.6. The van der Waals surface area contributed by atoms with E-state index < -0.39 is 30.0 Å². The molecule has 0 unspecified atom stereocenters. The van der Waals surface area contributed by atoms with Crippen molar-refractivity contribution >= 4 is 44.9 Å². The second-order valence-electron chi connectivity index (χ2n) is 6.33. The van der Waals surface area contributed by atoms with Crippen LogP contribution in [0.5, 0.6) is 0 Å². The molecule has 9 nitrogen and oxygen atoms in total. The second kappa shape index (κ2) is 15.3. The van der Waals surface area contributed by atoms with Gasteiger partial charge in [-0.25, -0.2) is 4.79 Å². The third-order valence-electron chi connectivity index (χ3n) is 3.95. The normalized spacial score (nSPS) is 11.5. The lowest BCUT2D eigenvalue weighted by Crippen LogP contribution is -2.32. The number of rotatable bonds is 8. The van der Waals surface area contributed by atoms with Gasteiger partial charge in [0, 0.05) is 6.54 Å². The lowest BCUT2D eigenvalue weighted by Gasteiger charge is -2.07. The molecule has 0 aliphatic rings. The number of carboxylic acids is 3.